The number of carbonyl (C=O) groups is 2. The smallest absolute Gasteiger partial charge is 0.338 e. The SMILES string of the molecule is CCCOc1ccc(C(=O)OCC(=O)Nc2cccc(OC)c2)cc1. The Labute approximate surface area is 146 Å². The maximum Gasteiger partial charge on any atom is 0.338 e. The Kier molecular flexibility index (Phi) is 6.83. The van der Waals surface area contributed by atoms with E-state index in [-0.39, 0.29) is 6.61 Å². The van der Waals surface area contributed by atoms with Crippen LogP contribution in [0, 0.1) is 0 Å². The monoisotopic (exact) mass is 343 g/mol. The molecule has 6 heteroatoms. The summed E-state index contributed by atoms with van der Waals surface area (Å²) in [6.07, 6.45) is 0.909. The van der Waals surface area contributed by atoms with Gasteiger partial charge < -0.3 is 19.5 Å². The average molecular weight is 343 g/mol. The van der Waals surface area contributed by atoms with Crippen LogP contribution in [0.25, 0.3) is 0 Å². The minimum atomic E-state index is -0.567. The van der Waals surface area contributed by atoms with Gasteiger partial charge in [0, 0.05) is 11.8 Å². The number of rotatable bonds is 8. The first-order valence-electron chi connectivity index (χ1n) is 7.96. The van der Waals surface area contributed by atoms with Crippen molar-refractivity contribution >= 4 is 17.6 Å². The molecule has 0 fully saturated rings. The number of ether oxygens (including phenoxy) is 3. The number of methoxy groups -OCH3 is 1. The first-order valence-corrected chi connectivity index (χ1v) is 7.96. The lowest BCUT2D eigenvalue weighted by Crippen LogP contribution is -2.20. The zero-order valence-corrected chi connectivity index (χ0v) is 14.3. The molecule has 0 bridgehead atoms. The number of carbonyl (C=O) groups excluding carboxylic acids is 2. The molecule has 132 valence electrons. The van der Waals surface area contributed by atoms with Gasteiger partial charge in [0.1, 0.15) is 11.5 Å². The molecule has 0 saturated heterocycles. The summed E-state index contributed by atoms with van der Waals surface area (Å²) in [5.74, 6) is 0.321. The predicted molar refractivity (Wildman–Crippen MR) is 94.1 cm³/mol. The van der Waals surface area contributed by atoms with Crippen molar-refractivity contribution in [2.45, 2.75) is 13.3 Å². The van der Waals surface area contributed by atoms with Crippen LogP contribution in [-0.4, -0.2) is 32.2 Å². The van der Waals surface area contributed by atoms with Gasteiger partial charge in [-0.15, -0.1) is 0 Å². The summed E-state index contributed by atoms with van der Waals surface area (Å²) in [4.78, 5) is 23.8. The van der Waals surface area contributed by atoms with Crippen LogP contribution in [0.4, 0.5) is 5.69 Å². The van der Waals surface area contributed by atoms with Crippen molar-refractivity contribution in [2.75, 3.05) is 25.6 Å². The second-order valence-electron chi connectivity index (χ2n) is 5.23. The van der Waals surface area contributed by atoms with Crippen molar-refractivity contribution in [3.8, 4) is 11.5 Å². The highest BCUT2D eigenvalue weighted by atomic mass is 16.5. The van der Waals surface area contributed by atoms with Crippen molar-refractivity contribution < 1.29 is 23.8 Å². The molecule has 0 spiro atoms. The lowest BCUT2D eigenvalue weighted by molar-refractivity contribution is -0.119. The highest BCUT2D eigenvalue weighted by Crippen LogP contribution is 2.17. The molecule has 0 heterocycles. The molecule has 2 rings (SSSR count). The van der Waals surface area contributed by atoms with Gasteiger partial charge in [0.15, 0.2) is 6.61 Å². The molecule has 1 amide bonds. The van der Waals surface area contributed by atoms with Crippen LogP contribution < -0.4 is 14.8 Å². The third kappa shape index (κ3) is 5.84. The van der Waals surface area contributed by atoms with Crippen LogP contribution in [0.2, 0.25) is 0 Å². The second kappa shape index (κ2) is 9.32. The third-order valence-electron chi connectivity index (χ3n) is 3.25. The number of nitrogens with one attached hydrogen (secondary N) is 1. The minimum Gasteiger partial charge on any atom is -0.497 e. The number of anilines is 1. The van der Waals surface area contributed by atoms with E-state index < -0.39 is 11.9 Å². The van der Waals surface area contributed by atoms with Crippen molar-refractivity contribution in [2.24, 2.45) is 0 Å². The molecule has 0 radical (unpaired) electrons. The van der Waals surface area contributed by atoms with Crippen LogP contribution in [0.3, 0.4) is 0 Å². The van der Waals surface area contributed by atoms with E-state index in [0.29, 0.717) is 29.4 Å². The molecule has 0 aliphatic heterocycles. The fraction of sp³-hybridized carbons (Fsp3) is 0.263. The molecule has 6 nitrogen and oxygen atoms in total. The zero-order valence-electron chi connectivity index (χ0n) is 14.3. The summed E-state index contributed by atoms with van der Waals surface area (Å²) in [5, 5.41) is 2.64. The first kappa shape index (κ1) is 18.3. The molecule has 0 aliphatic rings. The fourth-order valence-corrected chi connectivity index (χ4v) is 2.02. The van der Waals surface area contributed by atoms with Gasteiger partial charge in [-0.1, -0.05) is 13.0 Å². The van der Waals surface area contributed by atoms with E-state index >= 15 is 0 Å². The summed E-state index contributed by atoms with van der Waals surface area (Å²) >= 11 is 0. The van der Waals surface area contributed by atoms with Crippen LogP contribution in [0.1, 0.15) is 23.7 Å². The van der Waals surface area contributed by atoms with Crippen molar-refractivity contribution in [3.05, 3.63) is 54.1 Å². The van der Waals surface area contributed by atoms with E-state index in [1.54, 1.807) is 55.6 Å². The number of benzene rings is 2. The molecule has 25 heavy (non-hydrogen) atoms. The Morgan fingerprint density at radius 2 is 1.80 bits per heavy atom. The van der Waals surface area contributed by atoms with E-state index in [9.17, 15) is 9.59 Å². The van der Waals surface area contributed by atoms with E-state index in [1.165, 1.54) is 0 Å². The molecule has 0 aromatic heterocycles. The Hall–Kier alpha value is -3.02. The summed E-state index contributed by atoms with van der Waals surface area (Å²) in [5.41, 5.74) is 0.927. The van der Waals surface area contributed by atoms with Gasteiger partial charge in [0.25, 0.3) is 5.91 Å². The number of hydrogen-bond acceptors (Lipinski definition) is 5. The number of esters is 1. The van der Waals surface area contributed by atoms with Crippen LogP contribution >= 0.6 is 0 Å². The minimum absolute atomic E-state index is 0.359. The van der Waals surface area contributed by atoms with Gasteiger partial charge in [0.05, 0.1) is 19.3 Å². The average Bonchev–Trinajstić information content (AvgIpc) is 2.65. The molecule has 1 N–H and O–H groups in total. The molecular formula is C19H21NO5. The molecule has 2 aromatic carbocycles. The first-order chi connectivity index (χ1) is 12.1. The third-order valence-corrected chi connectivity index (χ3v) is 3.25. The lowest BCUT2D eigenvalue weighted by atomic mass is 10.2. The van der Waals surface area contributed by atoms with Gasteiger partial charge in [-0.3, -0.25) is 4.79 Å². The van der Waals surface area contributed by atoms with Crippen molar-refractivity contribution in [1.29, 1.82) is 0 Å². The van der Waals surface area contributed by atoms with Gasteiger partial charge in [-0.05, 0) is 42.8 Å². The van der Waals surface area contributed by atoms with Crippen molar-refractivity contribution in [1.82, 2.24) is 0 Å². The summed E-state index contributed by atoms with van der Waals surface area (Å²) in [6, 6.07) is 13.5. The zero-order chi connectivity index (χ0) is 18.1. The molecule has 0 unspecified atom stereocenters. The standard InChI is InChI=1S/C19H21NO5/c1-3-11-24-16-9-7-14(8-10-16)19(22)25-13-18(21)20-15-5-4-6-17(12-15)23-2/h4-10,12H,3,11,13H2,1-2H3,(H,20,21). The molecule has 0 atom stereocenters. The normalized spacial score (nSPS) is 10.0. The molecule has 0 aliphatic carbocycles. The molecule has 0 saturated carbocycles. The second-order valence-corrected chi connectivity index (χ2v) is 5.23. The van der Waals surface area contributed by atoms with Crippen LogP contribution in [-0.2, 0) is 9.53 Å². The predicted octanol–water partition coefficient (Wildman–Crippen LogP) is 3.28. The lowest BCUT2D eigenvalue weighted by Gasteiger charge is -2.08. The summed E-state index contributed by atoms with van der Waals surface area (Å²) in [7, 11) is 1.54. The Balaban J connectivity index is 1.83. The Bertz CT molecular complexity index is 712. The van der Waals surface area contributed by atoms with E-state index in [0.717, 1.165) is 6.42 Å². The van der Waals surface area contributed by atoms with Crippen LogP contribution in [0.15, 0.2) is 48.5 Å². The molecule has 2 aromatic rings. The maximum atomic E-state index is 12.0. The Morgan fingerprint density at radius 1 is 1.04 bits per heavy atom. The number of amides is 1. The summed E-state index contributed by atoms with van der Waals surface area (Å²) < 4.78 is 15.5. The van der Waals surface area contributed by atoms with E-state index in [4.69, 9.17) is 14.2 Å². The topological polar surface area (TPSA) is 73.9 Å². The van der Waals surface area contributed by atoms with Gasteiger partial charge in [-0.2, -0.15) is 0 Å². The summed E-state index contributed by atoms with van der Waals surface area (Å²) in [6.45, 7) is 2.26. The van der Waals surface area contributed by atoms with Gasteiger partial charge in [0.2, 0.25) is 0 Å². The largest absolute Gasteiger partial charge is 0.497 e. The highest BCUT2D eigenvalue weighted by molar-refractivity contribution is 5.95. The highest BCUT2D eigenvalue weighted by Gasteiger charge is 2.11. The van der Waals surface area contributed by atoms with Crippen molar-refractivity contribution in [3.63, 3.8) is 0 Å². The van der Waals surface area contributed by atoms with Gasteiger partial charge >= 0.3 is 5.97 Å². The number of hydrogen-bond donors (Lipinski definition) is 1. The maximum absolute atomic E-state index is 12.0. The fourth-order valence-electron chi connectivity index (χ4n) is 2.02. The van der Waals surface area contributed by atoms with Crippen LogP contribution in [0.5, 0.6) is 11.5 Å². The Morgan fingerprint density at radius 3 is 2.48 bits per heavy atom. The van der Waals surface area contributed by atoms with E-state index in [2.05, 4.69) is 5.32 Å². The quantitative estimate of drug-likeness (QED) is 0.745. The van der Waals surface area contributed by atoms with E-state index in [1.807, 2.05) is 6.92 Å². The molecular weight excluding hydrogens is 322 g/mol. The van der Waals surface area contributed by atoms with Gasteiger partial charge in [-0.25, -0.2) is 4.79 Å².